The number of carbonyl (C=O) groups is 1. The van der Waals surface area contributed by atoms with Crippen LogP contribution in [0.4, 0.5) is 23.4 Å². The number of ether oxygens (including phenoxy) is 1. The zero-order chi connectivity index (χ0) is 27.0. The lowest BCUT2D eigenvalue weighted by Crippen LogP contribution is -2.41. The molecule has 4 aromatic heterocycles. The van der Waals surface area contributed by atoms with Gasteiger partial charge >= 0.3 is 6.18 Å². The molecule has 3 N–H and O–H groups in total. The third kappa shape index (κ3) is 4.81. The van der Waals surface area contributed by atoms with E-state index in [9.17, 15) is 22.4 Å². The van der Waals surface area contributed by atoms with Crippen molar-refractivity contribution in [3.8, 4) is 17.1 Å². The molecule has 38 heavy (non-hydrogen) atoms. The second-order valence-corrected chi connectivity index (χ2v) is 8.74. The maximum atomic E-state index is 14.8. The molecule has 1 aliphatic heterocycles. The van der Waals surface area contributed by atoms with Gasteiger partial charge in [-0.15, -0.1) is 0 Å². The summed E-state index contributed by atoms with van der Waals surface area (Å²) in [5.41, 5.74) is 5.08. The molecule has 0 bridgehead atoms. The molecule has 0 aliphatic carbocycles. The number of nitrogens with zero attached hydrogens (tertiary/aromatic N) is 6. The predicted octanol–water partition coefficient (Wildman–Crippen LogP) is 2.75. The second kappa shape index (κ2) is 9.85. The molecule has 14 heteroatoms. The number of hydrogen-bond donors (Lipinski definition) is 2. The van der Waals surface area contributed by atoms with E-state index in [-0.39, 0.29) is 41.6 Å². The van der Waals surface area contributed by atoms with Crippen LogP contribution in [0.3, 0.4) is 0 Å². The number of methoxy groups -OCH3 is 1. The van der Waals surface area contributed by atoms with Crippen molar-refractivity contribution in [2.75, 3.05) is 25.9 Å². The molecule has 1 fully saturated rings. The van der Waals surface area contributed by atoms with Gasteiger partial charge in [0.1, 0.15) is 23.6 Å². The molecule has 1 aliphatic rings. The molecule has 5 rings (SSSR count). The van der Waals surface area contributed by atoms with E-state index in [0.717, 1.165) is 22.6 Å². The standard InChI is InChI=1S/C24H22F4N8O2/c1-38-23-15(22(37)34-18-11-35(10-17(18)25)9-14-4-2-3-5-30-14)6-13(8-31-23)19-7-16(24(26,27)28)20-21(29)32-12-33-36(19)20/h2-8,12,17-18H,9-11H2,1H3,(H,34,37)(H2,29,32,33). The molecule has 4 aromatic rings. The van der Waals surface area contributed by atoms with E-state index in [1.165, 1.54) is 19.4 Å². The molecule has 1 saturated heterocycles. The van der Waals surface area contributed by atoms with Crippen molar-refractivity contribution in [2.45, 2.75) is 24.9 Å². The Morgan fingerprint density at radius 3 is 2.74 bits per heavy atom. The average molecular weight is 530 g/mol. The highest BCUT2D eigenvalue weighted by molar-refractivity contribution is 5.98. The smallest absolute Gasteiger partial charge is 0.418 e. The topological polar surface area (TPSA) is 124 Å². The number of halogens is 4. The van der Waals surface area contributed by atoms with Crippen molar-refractivity contribution in [3.63, 3.8) is 0 Å². The number of fused-ring (bicyclic) bond motifs is 1. The van der Waals surface area contributed by atoms with Gasteiger partial charge in [0.15, 0.2) is 5.82 Å². The summed E-state index contributed by atoms with van der Waals surface area (Å²) < 4.78 is 62.2. The first-order chi connectivity index (χ1) is 18.2. The molecule has 1 amide bonds. The lowest BCUT2D eigenvalue weighted by Gasteiger charge is -2.17. The minimum atomic E-state index is -4.73. The Hall–Kier alpha value is -4.33. The maximum Gasteiger partial charge on any atom is 0.418 e. The second-order valence-electron chi connectivity index (χ2n) is 8.74. The van der Waals surface area contributed by atoms with Crippen molar-refractivity contribution in [1.82, 2.24) is 34.8 Å². The van der Waals surface area contributed by atoms with Gasteiger partial charge < -0.3 is 15.8 Å². The van der Waals surface area contributed by atoms with E-state index in [2.05, 4.69) is 25.4 Å². The van der Waals surface area contributed by atoms with Gasteiger partial charge in [0.2, 0.25) is 5.88 Å². The Bertz CT molecular complexity index is 1480. The number of pyridine rings is 2. The van der Waals surface area contributed by atoms with Crippen molar-refractivity contribution in [1.29, 1.82) is 0 Å². The predicted molar refractivity (Wildman–Crippen MR) is 128 cm³/mol. The summed E-state index contributed by atoms with van der Waals surface area (Å²) in [4.78, 5) is 27.0. The number of carbonyl (C=O) groups excluding carboxylic acids is 1. The first kappa shape index (κ1) is 25.3. The number of nitrogens with two attached hydrogens (primary N) is 1. The molecular weight excluding hydrogens is 508 g/mol. The van der Waals surface area contributed by atoms with Gasteiger partial charge in [-0.25, -0.2) is 18.9 Å². The van der Waals surface area contributed by atoms with Crippen LogP contribution in [0.1, 0.15) is 21.6 Å². The molecule has 0 spiro atoms. The Morgan fingerprint density at radius 1 is 1.21 bits per heavy atom. The monoisotopic (exact) mass is 530 g/mol. The van der Waals surface area contributed by atoms with Crippen molar-refractivity contribution in [3.05, 3.63) is 65.9 Å². The van der Waals surface area contributed by atoms with Gasteiger partial charge in [-0.1, -0.05) is 6.07 Å². The minimum Gasteiger partial charge on any atom is -0.480 e. The highest BCUT2D eigenvalue weighted by Gasteiger charge is 2.37. The Balaban J connectivity index is 1.43. The maximum absolute atomic E-state index is 14.8. The van der Waals surface area contributed by atoms with Crippen LogP contribution in [0.25, 0.3) is 16.8 Å². The molecule has 0 saturated carbocycles. The van der Waals surface area contributed by atoms with E-state index >= 15 is 0 Å². The van der Waals surface area contributed by atoms with E-state index in [1.807, 2.05) is 17.0 Å². The van der Waals surface area contributed by atoms with Crippen LogP contribution < -0.4 is 15.8 Å². The summed E-state index contributed by atoms with van der Waals surface area (Å²) in [5.74, 6) is -1.12. The van der Waals surface area contributed by atoms with Crippen molar-refractivity contribution < 1.29 is 27.1 Å². The lowest BCUT2D eigenvalue weighted by atomic mass is 10.1. The first-order valence-corrected chi connectivity index (χ1v) is 11.5. The van der Waals surface area contributed by atoms with Crippen LogP contribution in [0.2, 0.25) is 0 Å². The average Bonchev–Trinajstić information content (AvgIpc) is 3.45. The number of nitrogens with one attached hydrogen (secondary N) is 1. The number of nitrogen functional groups attached to an aromatic ring is 1. The zero-order valence-corrected chi connectivity index (χ0v) is 20.0. The normalized spacial score (nSPS) is 18.1. The summed E-state index contributed by atoms with van der Waals surface area (Å²) >= 11 is 0. The summed E-state index contributed by atoms with van der Waals surface area (Å²) in [6.45, 7) is 0.767. The number of anilines is 1. The molecule has 10 nitrogen and oxygen atoms in total. The summed E-state index contributed by atoms with van der Waals surface area (Å²) in [6.07, 6.45) is -2.15. The molecule has 2 unspecified atom stereocenters. The van der Waals surface area contributed by atoms with Gasteiger partial charge in [-0.3, -0.25) is 14.7 Å². The Morgan fingerprint density at radius 2 is 2.03 bits per heavy atom. The fourth-order valence-corrected chi connectivity index (χ4v) is 4.48. The highest BCUT2D eigenvalue weighted by atomic mass is 19.4. The third-order valence-corrected chi connectivity index (χ3v) is 6.23. The first-order valence-electron chi connectivity index (χ1n) is 11.5. The van der Waals surface area contributed by atoms with Gasteiger partial charge in [0, 0.05) is 37.6 Å². The van der Waals surface area contributed by atoms with E-state index < -0.39 is 35.4 Å². The fraction of sp³-hybridized carbons (Fsp3) is 0.292. The number of alkyl halides is 4. The lowest BCUT2D eigenvalue weighted by molar-refractivity contribution is -0.136. The summed E-state index contributed by atoms with van der Waals surface area (Å²) in [7, 11) is 1.29. The number of rotatable bonds is 6. The Kier molecular flexibility index (Phi) is 6.57. The zero-order valence-electron chi connectivity index (χ0n) is 20.0. The van der Waals surface area contributed by atoms with Crippen molar-refractivity contribution in [2.24, 2.45) is 0 Å². The molecule has 5 heterocycles. The van der Waals surface area contributed by atoms with E-state index in [4.69, 9.17) is 10.5 Å². The van der Waals surface area contributed by atoms with E-state index in [0.29, 0.717) is 6.54 Å². The van der Waals surface area contributed by atoms with Crippen LogP contribution >= 0.6 is 0 Å². The van der Waals surface area contributed by atoms with Gasteiger partial charge in [-0.05, 0) is 24.3 Å². The van der Waals surface area contributed by atoms with Crippen LogP contribution in [0.5, 0.6) is 5.88 Å². The highest BCUT2D eigenvalue weighted by Crippen LogP contribution is 2.39. The number of likely N-dealkylation sites (tertiary alicyclic amines) is 1. The fourth-order valence-electron chi connectivity index (χ4n) is 4.48. The Labute approximate surface area is 213 Å². The number of aromatic nitrogens is 5. The van der Waals surface area contributed by atoms with E-state index in [1.54, 1.807) is 12.3 Å². The number of hydrogen-bond acceptors (Lipinski definition) is 8. The molecule has 0 radical (unpaired) electrons. The number of amides is 1. The molecule has 2 atom stereocenters. The SMILES string of the molecule is COc1ncc(-c2cc(C(F)(F)F)c3c(N)ncnn23)cc1C(=O)NC1CN(Cc2ccccn2)CC1F. The van der Waals surface area contributed by atoms with Crippen molar-refractivity contribution >= 4 is 17.2 Å². The van der Waals surface area contributed by atoms with Gasteiger partial charge in [0.25, 0.3) is 5.91 Å². The summed E-state index contributed by atoms with van der Waals surface area (Å²) in [5, 5.41) is 6.57. The molecular formula is C24H22F4N8O2. The minimum absolute atomic E-state index is 0.0172. The largest absolute Gasteiger partial charge is 0.480 e. The van der Waals surface area contributed by atoms with Gasteiger partial charge in [0.05, 0.1) is 30.1 Å². The molecule has 0 aromatic carbocycles. The quantitative estimate of drug-likeness (QED) is 0.365. The summed E-state index contributed by atoms with van der Waals surface area (Å²) in [6, 6.07) is 6.80. The third-order valence-electron chi connectivity index (χ3n) is 6.23. The van der Waals surface area contributed by atoms with Crippen LogP contribution in [-0.4, -0.2) is 67.8 Å². The van der Waals surface area contributed by atoms with Crippen LogP contribution in [0, 0.1) is 0 Å². The molecule has 198 valence electrons. The van der Waals surface area contributed by atoms with Gasteiger partial charge in [-0.2, -0.15) is 18.3 Å². The van der Waals surface area contributed by atoms with Crippen LogP contribution in [0.15, 0.2) is 49.1 Å². The van der Waals surface area contributed by atoms with Crippen LogP contribution in [-0.2, 0) is 12.7 Å².